The van der Waals surface area contributed by atoms with Crippen molar-refractivity contribution >= 4 is 16.2 Å². The summed E-state index contributed by atoms with van der Waals surface area (Å²) in [5.74, 6) is 0.303. The fourth-order valence-electron chi connectivity index (χ4n) is 2.62. The van der Waals surface area contributed by atoms with Crippen molar-refractivity contribution < 1.29 is 14.3 Å². The zero-order chi connectivity index (χ0) is 8.29. The highest BCUT2D eigenvalue weighted by Gasteiger charge is 2.59. The number of hydrogen-bond donors (Lipinski definition) is 0. The van der Waals surface area contributed by atoms with Gasteiger partial charge in [-0.3, -0.25) is 4.79 Å². The van der Waals surface area contributed by atoms with Crippen LogP contribution in [0.1, 0.15) is 6.42 Å². The first kappa shape index (κ1) is 7.09. The van der Waals surface area contributed by atoms with Crippen molar-refractivity contribution in [1.82, 2.24) is 0 Å². The average molecular weight is 181 g/mol. The van der Waals surface area contributed by atoms with E-state index < -0.39 is 0 Å². The summed E-state index contributed by atoms with van der Waals surface area (Å²) in [7, 11) is 3.58. The van der Waals surface area contributed by atoms with E-state index in [1.165, 1.54) is 0 Å². The van der Waals surface area contributed by atoms with Crippen LogP contribution in [0.5, 0.6) is 0 Å². The van der Waals surface area contributed by atoms with Gasteiger partial charge in [0.1, 0.15) is 0 Å². The fourth-order valence-corrected chi connectivity index (χ4v) is 3.13. The Balaban J connectivity index is 1.95. The molecule has 0 amide bonds. The number of cyclic esters (lactones) is 1. The van der Waals surface area contributed by atoms with Crippen LogP contribution in [0.15, 0.2) is 0 Å². The van der Waals surface area contributed by atoms with Crippen LogP contribution in [0.3, 0.4) is 0 Å². The van der Waals surface area contributed by atoms with Crippen LogP contribution >= 0.6 is 0 Å². The standard InChI is InChI=1S/C8H9O3Si/c9-8-6-3(2-10-8)4-1-5(12)7(6)11-4/h3-7H,1-2H2. The molecule has 3 saturated heterocycles. The smallest absolute Gasteiger partial charge is 0.312 e. The quantitative estimate of drug-likeness (QED) is 0.387. The van der Waals surface area contributed by atoms with Gasteiger partial charge < -0.3 is 9.47 Å². The Morgan fingerprint density at radius 3 is 3.17 bits per heavy atom. The lowest BCUT2D eigenvalue weighted by Gasteiger charge is -2.21. The summed E-state index contributed by atoms with van der Waals surface area (Å²) < 4.78 is 10.7. The highest BCUT2D eigenvalue weighted by molar-refractivity contribution is 6.12. The summed E-state index contributed by atoms with van der Waals surface area (Å²) in [6.45, 7) is 0.573. The van der Waals surface area contributed by atoms with Crippen LogP contribution in [-0.2, 0) is 14.3 Å². The van der Waals surface area contributed by atoms with Gasteiger partial charge in [-0.25, -0.2) is 0 Å². The Kier molecular flexibility index (Phi) is 1.25. The monoisotopic (exact) mass is 181 g/mol. The molecule has 3 rings (SSSR count). The third-order valence-corrected chi connectivity index (χ3v) is 3.76. The summed E-state index contributed by atoms with van der Waals surface area (Å²) in [6, 6.07) is 0. The molecular formula is C8H9O3Si. The van der Waals surface area contributed by atoms with Crippen molar-refractivity contribution in [1.29, 1.82) is 0 Å². The minimum atomic E-state index is -0.0598. The zero-order valence-electron chi connectivity index (χ0n) is 6.53. The minimum Gasteiger partial charge on any atom is -0.465 e. The first-order valence-corrected chi connectivity index (χ1v) is 4.88. The van der Waals surface area contributed by atoms with Gasteiger partial charge in [-0.05, 0) is 12.0 Å². The van der Waals surface area contributed by atoms with Crippen molar-refractivity contribution in [2.24, 2.45) is 11.8 Å². The average Bonchev–Trinajstić information content (AvgIpc) is 2.62. The number of hydrogen-bond acceptors (Lipinski definition) is 3. The van der Waals surface area contributed by atoms with Crippen molar-refractivity contribution in [2.45, 2.75) is 24.2 Å². The van der Waals surface area contributed by atoms with Crippen molar-refractivity contribution in [3.63, 3.8) is 0 Å². The molecule has 0 saturated carbocycles. The van der Waals surface area contributed by atoms with Gasteiger partial charge in [0.15, 0.2) is 0 Å². The molecule has 0 spiro atoms. The fraction of sp³-hybridized carbons (Fsp3) is 0.875. The summed E-state index contributed by atoms with van der Waals surface area (Å²) in [4.78, 5) is 11.3. The van der Waals surface area contributed by atoms with E-state index in [1.807, 2.05) is 0 Å². The molecule has 3 nitrogen and oxygen atoms in total. The highest BCUT2D eigenvalue weighted by Crippen LogP contribution is 2.51. The Morgan fingerprint density at radius 1 is 1.50 bits per heavy atom. The van der Waals surface area contributed by atoms with E-state index in [0.29, 0.717) is 18.1 Å². The number of fused-ring (bicyclic) bond motifs is 5. The van der Waals surface area contributed by atoms with E-state index in [9.17, 15) is 4.79 Å². The van der Waals surface area contributed by atoms with Crippen LogP contribution in [0.25, 0.3) is 0 Å². The second-order valence-corrected chi connectivity index (χ2v) is 4.54. The number of carbonyl (C=O) groups excluding carboxylic acids is 1. The molecule has 0 aromatic carbocycles. The van der Waals surface area contributed by atoms with Gasteiger partial charge in [-0.15, -0.1) is 0 Å². The third kappa shape index (κ3) is 0.677. The Labute approximate surface area is 73.8 Å². The molecule has 12 heavy (non-hydrogen) atoms. The molecule has 3 aliphatic heterocycles. The maximum Gasteiger partial charge on any atom is 0.312 e. The summed E-state index contributed by atoms with van der Waals surface area (Å²) in [5, 5.41) is 0. The maximum absolute atomic E-state index is 11.3. The first-order valence-electron chi connectivity index (χ1n) is 4.30. The van der Waals surface area contributed by atoms with E-state index in [-0.39, 0.29) is 24.1 Å². The van der Waals surface area contributed by atoms with E-state index in [4.69, 9.17) is 9.47 Å². The molecule has 0 N–H and O–H groups in total. The predicted molar refractivity (Wildman–Crippen MR) is 40.7 cm³/mol. The normalized spacial score (nSPS) is 55.8. The van der Waals surface area contributed by atoms with Gasteiger partial charge in [-0.1, -0.05) is 0 Å². The zero-order valence-corrected chi connectivity index (χ0v) is 7.53. The lowest BCUT2D eigenvalue weighted by atomic mass is 9.81. The molecule has 63 valence electrons. The van der Waals surface area contributed by atoms with Crippen LogP contribution in [0.2, 0.25) is 5.54 Å². The number of rotatable bonds is 0. The van der Waals surface area contributed by atoms with Gasteiger partial charge in [-0.2, -0.15) is 0 Å². The molecule has 3 heterocycles. The van der Waals surface area contributed by atoms with Crippen LogP contribution in [-0.4, -0.2) is 35.0 Å². The number of carbonyl (C=O) groups is 1. The van der Waals surface area contributed by atoms with Gasteiger partial charge in [0.05, 0.1) is 24.7 Å². The van der Waals surface area contributed by atoms with Gasteiger partial charge in [0, 0.05) is 16.2 Å². The largest absolute Gasteiger partial charge is 0.465 e. The van der Waals surface area contributed by atoms with Crippen molar-refractivity contribution in [2.75, 3.05) is 6.61 Å². The first-order chi connectivity index (χ1) is 5.77. The minimum absolute atomic E-state index is 0.0197. The lowest BCUT2D eigenvalue weighted by Crippen LogP contribution is -2.31. The SMILES string of the molecule is O=C1OCC2C3CC([Si])C(O3)C12. The summed E-state index contributed by atoms with van der Waals surface area (Å²) in [6.07, 6.45) is 1.36. The molecule has 0 aromatic rings. The Hall–Kier alpha value is -0.353. The van der Waals surface area contributed by atoms with Gasteiger partial charge in [0.2, 0.25) is 0 Å². The van der Waals surface area contributed by atoms with Gasteiger partial charge >= 0.3 is 5.97 Å². The number of esters is 1. The molecule has 3 radical (unpaired) electrons. The van der Waals surface area contributed by atoms with E-state index in [0.717, 1.165) is 6.42 Å². The second-order valence-electron chi connectivity index (χ2n) is 3.80. The molecule has 3 aliphatic rings. The topological polar surface area (TPSA) is 35.5 Å². The molecule has 4 heteroatoms. The van der Waals surface area contributed by atoms with E-state index >= 15 is 0 Å². The van der Waals surface area contributed by atoms with E-state index in [2.05, 4.69) is 10.2 Å². The number of ether oxygens (including phenoxy) is 2. The van der Waals surface area contributed by atoms with Crippen molar-refractivity contribution in [3.8, 4) is 0 Å². The molecule has 2 bridgehead atoms. The molecular weight excluding hydrogens is 172 g/mol. The van der Waals surface area contributed by atoms with Crippen LogP contribution < -0.4 is 0 Å². The van der Waals surface area contributed by atoms with Crippen LogP contribution in [0.4, 0.5) is 0 Å². The molecule has 3 fully saturated rings. The molecule has 5 unspecified atom stereocenters. The second kappa shape index (κ2) is 2.11. The predicted octanol–water partition coefficient (Wildman–Crippen LogP) is -0.0963. The summed E-state index contributed by atoms with van der Waals surface area (Å²) >= 11 is 0. The Morgan fingerprint density at radius 2 is 2.33 bits per heavy atom. The molecule has 5 atom stereocenters. The summed E-state index contributed by atoms with van der Waals surface area (Å²) in [5.41, 5.74) is 0.349. The van der Waals surface area contributed by atoms with Gasteiger partial charge in [0.25, 0.3) is 0 Å². The van der Waals surface area contributed by atoms with Crippen molar-refractivity contribution in [3.05, 3.63) is 0 Å². The van der Waals surface area contributed by atoms with Crippen LogP contribution in [0, 0.1) is 11.8 Å². The Bertz CT molecular complexity index is 242. The lowest BCUT2D eigenvalue weighted by molar-refractivity contribution is -0.143. The molecule has 0 aliphatic carbocycles. The maximum atomic E-state index is 11.3. The molecule has 0 aromatic heterocycles. The third-order valence-electron chi connectivity index (χ3n) is 3.20. The highest BCUT2D eigenvalue weighted by atomic mass is 28.1. The van der Waals surface area contributed by atoms with E-state index in [1.54, 1.807) is 0 Å².